The fraction of sp³-hybridized carbons (Fsp3) is 0.235. The van der Waals surface area contributed by atoms with Gasteiger partial charge in [-0.05, 0) is 36.8 Å². The van der Waals surface area contributed by atoms with Crippen LogP contribution >= 0.6 is 11.6 Å². The van der Waals surface area contributed by atoms with Gasteiger partial charge in [-0.15, -0.1) is 0 Å². The summed E-state index contributed by atoms with van der Waals surface area (Å²) in [6, 6.07) is 14.4. The SMILES string of the molecule is CC[C@H](C(=O)Nc1cccc(Cl)c1)N(c1ccccc1)S(C)(=O)=O. The van der Waals surface area contributed by atoms with Crippen molar-refractivity contribution < 1.29 is 13.2 Å². The van der Waals surface area contributed by atoms with Gasteiger partial charge in [0.1, 0.15) is 6.04 Å². The third-order valence-electron chi connectivity index (χ3n) is 3.43. The molecule has 7 heteroatoms. The number of sulfonamides is 1. The van der Waals surface area contributed by atoms with Crippen molar-refractivity contribution in [2.24, 2.45) is 0 Å². The van der Waals surface area contributed by atoms with Gasteiger partial charge in [0.15, 0.2) is 0 Å². The number of nitrogens with one attached hydrogen (secondary N) is 1. The van der Waals surface area contributed by atoms with E-state index in [1.807, 2.05) is 0 Å². The number of carbonyl (C=O) groups is 1. The van der Waals surface area contributed by atoms with Crippen molar-refractivity contribution in [1.82, 2.24) is 0 Å². The van der Waals surface area contributed by atoms with Crippen LogP contribution in [0.2, 0.25) is 5.02 Å². The summed E-state index contributed by atoms with van der Waals surface area (Å²) in [5.41, 5.74) is 0.973. The molecule has 2 aromatic rings. The first-order chi connectivity index (χ1) is 11.3. The number of hydrogen-bond acceptors (Lipinski definition) is 3. The minimum Gasteiger partial charge on any atom is -0.324 e. The normalized spacial score (nSPS) is 12.5. The summed E-state index contributed by atoms with van der Waals surface area (Å²) in [7, 11) is -3.63. The highest BCUT2D eigenvalue weighted by molar-refractivity contribution is 7.92. The molecule has 5 nitrogen and oxygen atoms in total. The van der Waals surface area contributed by atoms with E-state index >= 15 is 0 Å². The highest BCUT2D eigenvalue weighted by Gasteiger charge is 2.31. The Balaban J connectivity index is 2.34. The molecule has 0 heterocycles. The predicted molar refractivity (Wildman–Crippen MR) is 97.9 cm³/mol. The van der Waals surface area contributed by atoms with Gasteiger partial charge in [-0.1, -0.05) is 42.8 Å². The maximum atomic E-state index is 12.7. The van der Waals surface area contributed by atoms with Crippen LogP contribution in [-0.4, -0.2) is 26.6 Å². The van der Waals surface area contributed by atoms with Crippen molar-refractivity contribution in [2.75, 3.05) is 15.9 Å². The van der Waals surface area contributed by atoms with Crippen molar-refractivity contribution in [3.05, 3.63) is 59.6 Å². The van der Waals surface area contributed by atoms with Crippen molar-refractivity contribution in [3.8, 4) is 0 Å². The van der Waals surface area contributed by atoms with Crippen LogP contribution in [0.1, 0.15) is 13.3 Å². The summed E-state index contributed by atoms with van der Waals surface area (Å²) in [6.45, 7) is 1.77. The van der Waals surface area contributed by atoms with E-state index in [0.717, 1.165) is 10.6 Å². The van der Waals surface area contributed by atoms with Gasteiger partial charge in [0.25, 0.3) is 0 Å². The van der Waals surface area contributed by atoms with Crippen LogP contribution in [0.25, 0.3) is 0 Å². The fourth-order valence-electron chi connectivity index (χ4n) is 2.43. The molecule has 0 saturated heterocycles. The second kappa shape index (κ2) is 7.68. The molecule has 0 radical (unpaired) electrons. The summed E-state index contributed by atoms with van der Waals surface area (Å²) in [4.78, 5) is 12.7. The molecule has 2 rings (SSSR count). The number of rotatable bonds is 6. The molecule has 0 aliphatic carbocycles. The molecule has 0 aromatic heterocycles. The zero-order valence-corrected chi connectivity index (χ0v) is 15.0. The Kier molecular flexibility index (Phi) is 5.85. The second-order valence-electron chi connectivity index (χ2n) is 5.32. The quantitative estimate of drug-likeness (QED) is 0.850. The number of carbonyl (C=O) groups excluding carboxylic acids is 1. The van der Waals surface area contributed by atoms with E-state index in [1.165, 1.54) is 0 Å². The van der Waals surface area contributed by atoms with Gasteiger partial charge < -0.3 is 5.32 Å². The van der Waals surface area contributed by atoms with Crippen LogP contribution in [-0.2, 0) is 14.8 Å². The van der Waals surface area contributed by atoms with Gasteiger partial charge in [0.05, 0.1) is 11.9 Å². The number of halogens is 1. The smallest absolute Gasteiger partial charge is 0.248 e. The zero-order valence-electron chi connectivity index (χ0n) is 13.4. The van der Waals surface area contributed by atoms with Gasteiger partial charge in [-0.25, -0.2) is 8.42 Å². The Morgan fingerprint density at radius 1 is 1.17 bits per heavy atom. The highest BCUT2D eigenvalue weighted by Crippen LogP contribution is 2.23. The van der Waals surface area contributed by atoms with Crippen LogP contribution in [0, 0.1) is 0 Å². The van der Waals surface area contributed by atoms with Gasteiger partial charge in [0, 0.05) is 10.7 Å². The molecule has 0 aliphatic rings. The van der Waals surface area contributed by atoms with Crippen molar-refractivity contribution >= 4 is 38.9 Å². The van der Waals surface area contributed by atoms with E-state index in [2.05, 4.69) is 5.32 Å². The minimum absolute atomic E-state index is 0.328. The number of benzene rings is 2. The molecule has 0 unspecified atom stereocenters. The van der Waals surface area contributed by atoms with E-state index in [4.69, 9.17) is 11.6 Å². The maximum Gasteiger partial charge on any atom is 0.248 e. The van der Waals surface area contributed by atoms with E-state index in [-0.39, 0.29) is 0 Å². The van der Waals surface area contributed by atoms with Crippen LogP contribution in [0.3, 0.4) is 0 Å². The summed E-state index contributed by atoms with van der Waals surface area (Å²) in [5.74, 6) is -0.408. The molecule has 1 amide bonds. The lowest BCUT2D eigenvalue weighted by Gasteiger charge is -2.30. The van der Waals surface area contributed by atoms with E-state index in [1.54, 1.807) is 61.5 Å². The van der Waals surface area contributed by atoms with Gasteiger partial charge in [-0.3, -0.25) is 9.10 Å². The molecule has 1 N–H and O–H groups in total. The first-order valence-corrected chi connectivity index (χ1v) is 9.66. The Morgan fingerprint density at radius 2 is 1.83 bits per heavy atom. The first-order valence-electron chi connectivity index (χ1n) is 7.44. The number of amides is 1. The van der Waals surface area contributed by atoms with Gasteiger partial charge >= 0.3 is 0 Å². The lowest BCUT2D eigenvalue weighted by atomic mass is 10.2. The maximum absolute atomic E-state index is 12.7. The first kappa shape index (κ1) is 18.3. The highest BCUT2D eigenvalue weighted by atomic mass is 35.5. The van der Waals surface area contributed by atoms with Crippen LogP contribution in [0.4, 0.5) is 11.4 Å². The molecule has 0 spiro atoms. The molecule has 0 fully saturated rings. The van der Waals surface area contributed by atoms with Crippen molar-refractivity contribution in [1.29, 1.82) is 0 Å². The minimum atomic E-state index is -3.63. The molecule has 0 bridgehead atoms. The number of nitrogens with zero attached hydrogens (tertiary/aromatic N) is 1. The largest absolute Gasteiger partial charge is 0.324 e. The summed E-state index contributed by atoms with van der Waals surface area (Å²) < 4.78 is 25.7. The molecule has 24 heavy (non-hydrogen) atoms. The van der Waals surface area contributed by atoms with Crippen LogP contribution < -0.4 is 9.62 Å². The Hall–Kier alpha value is -2.05. The van der Waals surface area contributed by atoms with Crippen molar-refractivity contribution in [2.45, 2.75) is 19.4 Å². The third kappa shape index (κ3) is 4.49. The van der Waals surface area contributed by atoms with Gasteiger partial charge in [-0.2, -0.15) is 0 Å². The Morgan fingerprint density at radius 3 is 2.38 bits per heavy atom. The average Bonchev–Trinajstić information content (AvgIpc) is 2.52. The molecule has 0 aliphatic heterocycles. The van der Waals surface area contributed by atoms with Crippen LogP contribution in [0.15, 0.2) is 54.6 Å². The second-order valence-corrected chi connectivity index (χ2v) is 7.61. The number of hydrogen-bond donors (Lipinski definition) is 1. The summed E-state index contributed by atoms with van der Waals surface area (Å²) in [5, 5.41) is 3.22. The van der Waals surface area contributed by atoms with Crippen LogP contribution in [0.5, 0.6) is 0 Å². The summed E-state index contributed by atoms with van der Waals surface area (Å²) in [6.07, 6.45) is 1.42. The monoisotopic (exact) mass is 366 g/mol. The standard InChI is InChI=1S/C17H19ClN2O3S/c1-3-16(17(21)19-14-9-7-8-13(18)12-14)20(24(2,22)23)15-10-5-4-6-11-15/h4-12,16H,3H2,1-2H3,(H,19,21)/t16-/m1/s1. The molecule has 2 aromatic carbocycles. The van der Waals surface area contributed by atoms with E-state index in [9.17, 15) is 13.2 Å². The fourth-order valence-corrected chi connectivity index (χ4v) is 3.83. The Bertz CT molecular complexity index is 810. The Labute approximate surface area is 147 Å². The third-order valence-corrected chi connectivity index (χ3v) is 4.85. The topological polar surface area (TPSA) is 66.5 Å². The number of anilines is 2. The predicted octanol–water partition coefficient (Wildman–Crippen LogP) is 3.52. The lowest BCUT2D eigenvalue weighted by Crippen LogP contribution is -2.46. The average molecular weight is 367 g/mol. The molecule has 0 saturated carbocycles. The van der Waals surface area contributed by atoms with E-state index < -0.39 is 22.0 Å². The molecular formula is C17H19ClN2O3S. The van der Waals surface area contributed by atoms with E-state index in [0.29, 0.717) is 22.8 Å². The lowest BCUT2D eigenvalue weighted by molar-refractivity contribution is -0.117. The molecule has 128 valence electrons. The molecular weight excluding hydrogens is 348 g/mol. The summed E-state index contributed by atoms with van der Waals surface area (Å²) >= 11 is 5.92. The van der Waals surface area contributed by atoms with Gasteiger partial charge in [0.2, 0.25) is 15.9 Å². The number of para-hydroxylation sites is 1. The molecule has 1 atom stereocenters. The van der Waals surface area contributed by atoms with Crippen molar-refractivity contribution in [3.63, 3.8) is 0 Å². The zero-order chi connectivity index (χ0) is 17.7.